The van der Waals surface area contributed by atoms with Crippen LogP contribution >= 0.6 is 0 Å². The topological polar surface area (TPSA) is 9.86 Å². The first-order chi connectivity index (χ1) is 27.3. The van der Waals surface area contributed by atoms with Crippen LogP contribution in [0.15, 0.2) is 194 Å². The predicted octanol–water partition coefficient (Wildman–Crippen LogP) is 13.9. The molecule has 2 nitrogen and oxygen atoms in total. The molecule has 0 atom stereocenters. The molecule has 0 spiro atoms. The second-order valence-corrected chi connectivity index (χ2v) is 14.9. The molecular weight excluding hydrogens is 665 g/mol. The molecule has 0 radical (unpaired) electrons. The average Bonchev–Trinajstić information content (AvgIpc) is 3.90. The number of para-hydroxylation sites is 3. The van der Waals surface area contributed by atoms with Crippen LogP contribution in [-0.4, -0.2) is 9.13 Å². The van der Waals surface area contributed by atoms with Gasteiger partial charge in [0, 0.05) is 32.6 Å². The number of nitrogens with zero attached hydrogens (tertiary/aromatic N) is 2. The summed E-state index contributed by atoms with van der Waals surface area (Å²) in [6.07, 6.45) is 0.983. The Balaban J connectivity index is 1.04. The van der Waals surface area contributed by atoms with E-state index in [9.17, 15) is 0 Å². The van der Waals surface area contributed by atoms with Gasteiger partial charge in [0.15, 0.2) is 0 Å². The van der Waals surface area contributed by atoms with Crippen molar-refractivity contribution in [1.82, 2.24) is 9.13 Å². The van der Waals surface area contributed by atoms with Crippen molar-refractivity contribution in [2.75, 3.05) is 0 Å². The Bertz CT molecular complexity index is 3340. The molecule has 0 fully saturated rings. The van der Waals surface area contributed by atoms with E-state index in [0.29, 0.717) is 0 Å². The lowest BCUT2D eigenvalue weighted by molar-refractivity contribution is 1.18. The molecule has 1 aliphatic carbocycles. The Morgan fingerprint density at radius 3 is 1.62 bits per heavy atom. The van der Waals surface area contributed by atoms with Crippen LogP contribution in [0.1, 0.15) is 11.1 Å². The lowest BCUT2D eigenvalue weighted by Gasteiger charge is -2.15. The average molecular weight is 699 g/mol. The maximum atomic E-state index is 2.49. The van der Waals surface area contributed by atoms with Crippen LogP contribution in [0.2, 0.25) is 0 Å². The highest BCUT2D eigenvalue weighted by molar-refractivity contribution is 6.13. The van der Waals surface area contributed by atoms with Gasteiger partial charge in [-0.15, -0.1) is 0 Å². The first kappa shape index (κ1) is 30.3. The predicted molar refractivity (Wildman–Crippen MR) is 232 cm³/mol. The van der Waals surface area contributed by atoms with Gasteiger partial charge in [-0.25, -0.2) is 0 Å². The first-order valence-electron chi connectivity index (χ1n) is 19.1. The maximum Gasteiger partial charge on any atom is 0.0546 e. The van der Waals surface area contributed by atoms with Gasteiger partial charge < -0.3 is 9.13 Å². The normalized spacial score (nSPS) is 12.3. The standard InChI is InChI=1S/C53H34N2/c1-2-14-41(15-3-1)54-49-20-10-8-18-45(49)47-31-35(23-26-51(47)54)36-24-27-52-48(32-36)46-19-9-11-21-50(46)55(52)53-33-39(29-38-13-5-7-17-44(38)53)34-22-25-43-40(28-34)30-37-12-4-6-16-42(37)43/h1-29,31-33H,30H2. The molecule has 55 heavy (non-hydrogen) atoms. The minimum atomic E-state index is 0.983. The van der Waals surface area contributed by atoms with E-state index < -0.39 is 0 Å². The fraction of sp³-hybridized carbons (Fsp3) is 0.0189. The summed E-state index contributed by atoms with van der Waals surface area (Å²) in [7, 11) is 0. The van der Waals surface area contributed by atoms with Gasteiger partial charge in [0.2, 0.25) is 0 Å². The third kappa shape index (κ3) is 4.55. The van der Waals surface area contributed by atoms with Crippen molar-refractivity contribution < 1.29 is 0 Å². The molecule has 0 amide bonds. The minimum absolute atomic E-state index is 0.983. The molecule has 2 heteroatoms. The van der Waals surface area contributed by atoms with E-state index in [1.54, 1.807) is 0 Å². The zero-order valence-electron chi connectivity index (χ0n) is 30.1. The molecule has 12 rings (SSSR count). The van der Waals surface area contributed by atoms with Gasteiger partial charge in [-0.05, 0) is 117 Å². The molecule has 9 aromatic carbocycles. The highest BCUT2D eigenvalue weighted by atomic mass is 15.0. The van der Waals surface area contributed by atoms with E-state index in [2.05, 4.69) is 203 Å². The van der Waals surface area contributed by atoms with E-state index in [1.165, 1.54) is 110 Å². The van der Waals surface area contributed by atoms with Gasteiger partial charge in [0.1, 0.15) is 0 Å². The molecule has 0 unspecified atom stereocenters. The summed E-state index contributed by atoms with van der Waals surface area (Å²) in [5.41, 5.74) is 17.7. The van der Waals surface area contributed by atoms with Crippen molar-refractivity contribution in [2.24, 2.45) is 0 Å². The molecule has 0 N–H and O–H groups in total. The zero-order chi connectivity index (χ0) is 36.0. The molecule has 0 saturated heterocycles. The Kier molecular flexibility index (Phi) is 6.43. The largest absolute Gasteiger partial charge is 0.309 e. The Hall–Kier alpha value is -7.16. The summed E-state index contributed by atoms with van der Waals surface area (Å²) >= 11 is 0. The molecule has 1 aliphatic rings. The van der Waals surface area contributed by atoms with Crippen molar-refractivity contribution in [3.05, 3.63) is 205 Å². The Morgan fingerprint density at radius 1 is 0.309 bits per heavy atom. The SMILES string of the molecule is c1ccc(-n2c3ccccc3c3cc(-c4ccc5c(c4)c4ccccc4n5-c4cc(-c5ccc6c(c5)Cc5ccccc5-6)cc5ccccc45)ccc32)cc1. The number of aromatic nitrogens is 2. The highest BCUT2D eigenvalue weighted by Gasteiger charge is 2.21. The third-order valence-electron chi connectivity index (χ3n) is 11.9. The van der Waals surface area contributed by atoms with E-state index in [1.807, 2.05) is 0 Å². The Labute approximate surface area is 318 Å². The summed E-state index contributed by atoms with van der Waals surface area (Å²) in [5.74, 6) is 0. The molecule has 0 aliphatic heterocycles. The second kappa shape index (κ2) is 11.7. The van der Waals surface area contributed by atoms with Crippen LogP contribution in [0.25, 0.3) is 99.1 Å². The van der Waals surface area contributed by atoms with Crippen molar-refractivity contribution in [3.63, 3.8) is 0 Å². The lowest BCUT2D eigenvalue weighted by Crippen LogP contribution is -1.97. The molecule has 0 saturated carbocycles. The van der Waals surface area contributed by atoms with E-state index in [-0.39, 0.29) is 0 Å². The van der Waals surface area contributed by atoms with E-state index in [4.69, 9.17) is 0 Å². The van der Waals surface area contributed by atoms with Crippen molar-refractivity contribution in [2.45, 2.75) is 6.42 Å². The summed E-state index contributed by atoms with van der Waals surface area (Å²) in [6.45, 7) is 0. The van der Waals surface area contributed by atoms with Gasteiger partial charge in [-0.3, -0.25) is 0 Å². The van der Waals surface area contributed by atoms with E-state index in [0.717, 1.165) is 6.42 Å². The molecule has 11 aromatic rings. The number of benzene rings is 9. The fourth-order valence-corrected chi connectivity index (χ4v) is 9.39. The third-order valence-corrected chi connectivity index (χ3v) is 11.9. The quantitative estimate of drug-likeness (QED) is 0.173. The van der Waals surface area contributed by atoms with E-state index >= 15 is 0 Å². The second-order valence-electron chi connectivity index (χ2n) is 14.9. The van der Waals surface area contributed by atoms with Crippen LogP contribution in [0.3, 0.4) is 0 Å². The van der Waals surface area contributed by atoms with Crippen molar-refractivity contribution in [3.8, 4) is 44.8 Å². The van der Waals surface area contributed by atoms with Crippen LogP contribution in [0.4, 0.5) is 0 Å². The smallest absolute Gasteiger partial charge is 0.0546 e. The van der Waals surface area contributed by atoms with Crippen LogP contribution in [0.5, 0.6) is 0 Å². The summed E-state index contributed by atoms with van der Waals surface area (Å²) in [6, 6.07) is 71.8. The molecular formula is C53H34N2. The lowest BCUT2D eigenvalue weighted by atomic mass is 9.96. The summed E-state index contributed by atoms with van der Waals surface area (Å²) in [4.78, 5) is 0. The van der Waals surface area contributed by atoms with Gasteiger partial charge in [0.05, 0.1) is 27.8 Å². The number of hydrogen-bond acceptors (Lipinski definition) is 0. The summed E-state index contributed by atoms with van der Waals surface area (Å²) in [5, 5.41) is 7.52. The van der Waals surface area contributed by atoms with Crippen LogP contribution in [0, 0.1) is 0 Å². The van der Waals surface area contributed by atoms with Gasteiger partial charge in [-0.1, -0.05) is 133 Å². The number of hydrogen-bond donors (Lipinski definition) is 0. The Morgan fingerprint density at radius 2 is 0.855 bits per heavy atom. The number of rotatable bonds is 4. The maximum absolute atomic E-state index is 2.49. The van der Waals surface area contributed by atoms with Crippen molar-refractivity contribution in [1.29, 1.82) is 0 Å². The number of fused-ring (bicyclic) bond motifs is 10. The van der Waals surface area contributed by atoms with Crippen LogP contribution in [-0.2, 0) is 6.42 Å². The minimum Gasteiger partial charge on any atom is -0.309 e. The van der Waals surface area contributed by atoms with Crippen molar-refractivity contribution >= 4 is 54.4 Å². The summed E-state index contributed by atoms with van der Waals surface area (Å²) < 4.78 is 4.87. The molecule has 2 heterocycles. The zero-order valence-corrected chi connectivity index (χ0v) is 30.1. The van der Waals surface area contributed by atoms with Gasteiger partial charge >= 0.3 is 0 Å². The van der Waals surface area contributed by atoms with Gasteiger partial charge in [0.25, 0.3) is 0 Å². The highest BCUT2D eigenvalue weighted by Crippen LogP contribution is 2.42. The fourth-order valence-electron chi connectivity index (χ4n) is 9.39. The van der Waals surface area contributed by atoms with Gasteiger partial charge in [-0.2, -0.15) is 0 Å². The monoisotopic (exact) mass is 698 g/mol. The first-order valence-corrected chi connectivity index (χ1v) is 19.1. The molecule has 256 valence electrons. The van der Waals surface area contributed by atoms with Crippen LogP contribution < -0.4 is 0 Å². The molecule has 0 bridgehead atoms. The molecule has 2 aromatic heterocycles.